The Balaban J connectivity index is 2.14. The van der Waals surface area contributed by atoms with Gasteiger partial charge in [-0.15, -0.1) is 0 Å². The summed E-state index contributed by atoms with van der Waals surface area (Å²) in [6.07, 6.45) is 3.89. The number of rotatable bonds is 11. The van der Waals surface area contributed by atoms with Gasteiger partial charge in [-0.2, -0.15) is 5.10 Å². The van der Waals surface area contributed by atoms with Crippen LogP contribution in [0.25, 0.3) is 11.3 Å². The molecule has 2 aromatic heterocycles. The Morgan fingerprint density at radius 1 is 1.07 bits per heavy atom. The fourth-order valence-corrected chi connectivity index (χ4v) is 3.22. The summed E-state index contributed by atoms with van der Waals surface area (Å²) >= 11 is 0. The van der Waals surface area contributed by atoms with Gasteiger partial charge in [-0.3, -0.25) is 5.10 Å². The maximum Gasteiger partial charge on any atom is 0.128 e. The molecule has 0 aromatic carbocycles. The molecule has 27 heavy (non-hydrogen) atoms. The lowest BCUT2D eigenvalue weighted by Gasteiger charge is -2.27. The second kappa shape index (κ2) is 10.4. The highest BCUT2D eigenvalue weighted by molar-refractivity contribution is 5.63. The van der Waals surface area contributed by atoms with Crippen LogP contribution in [-0.4, -0.2) is 60.4 Å². The van der Waals surface area contributed by atoms with E-state index >= 15 is 0 Å². The molecule has 0 fully saturated rings. The van der Waals surface area contributed by atoms with Crippen LogP contribution < -0.4 is 10.2 Å². The van der Waals surface area contributed by atoms with Crippen LogP contribution in [0.15, 0.2) is 24.5 Å². The summed E-state index contributed by atoms with van der Waals surface area (Å²) in [7, 11) is 4.11. The van der Waals surface area contributed by atoms with Crippen LogP contribution in [0.4, 0.5) is 5.82 Å². The van der Waals surface area contributed by atoms with Gasteiger partial charge in [0, 0.05) is 50.0 Å². The van der Waals surface area contributed by atoms with Crippen molar-refractivity contribution < 1.29 is 0 Å². The number of aromatic nitrogens is 3. The van der Waals surface area contributed by atoms with Crippen molar-refractivity contribution in [1.29, 1.82) is 0 Å². The molecule has 2 N–H and O–H groups in total. The number of anilines is 1. The number of hydrogen-bond donors (Lipinski definition) is 2. The van der Waals surface area contributed by atoms with E-state index in [1.165, 1.54) is 5.56 Å². The van der Waals surface area contributed by atoms with Crippen molar-refractivity contribution in [3.8, 4) is 11.3 Å². The minimum absolute atomic E-state index is 0.609. The first-order valence-electron chi connectivity index (χ1n) is 9.97. The third kappa shape index (κ3) is 6.63. The Morgan fingerprint density at radius 2 is 1.78 bits per heavy atom. The summed E-state index contributed by atoms with van der Waals surface area (Å²) in [4.78, 5) is 9.44. The topological polar surface area (TPSA) is 60.1 Å². The molecule has 2 heterocycles. The smallest absolute Gasteiger partial charge is 0.128 e. The fourth-order valence-electron chi connectivity index (χ4n) is 3.22. The number of hydrogen-bond acceptors (Lipinski definition) is 5. The summed E-state index contributed by atoms with van der Waals surface area (Å²) in [5.41, 5.74) is 3.34. The number of likely N-dealkylation sites (N-methyl/N-ethyl adjacent to an activating group) is 2. The summed E-state index contributed by atoms with van der Waals surface area (Å²) in [5, 5.41) is 10.6. The van der Waals surface area contributed by atoms with Crippen LogP contribution in [0.3, 0.4) is 0 Å². The van der Waals surface area contributed by atoms with Gasteiger partial charge in [0.1, 0.15) is 5.82 Å². The predicted molar refractivity (Wildman–Crippen MR) is 114 cm³/mol. The molecular weight excluding hydrogens is 336 g/mol. The van der Waals surface area contributed by atoms with Crippen LogP contribution in [0.5, 0.6) is 0 Å². The summed E-state index contributed by atoms with van der Waals surface area (Å²) in [5.74, 6) is 2.27. The Kier molecular flexibility index (Phi) is 8.25. The van der Waals surface area contributed by atoms with Gasteiger partial charge in [-0.05, 0) is 38.1 Å². The second-order valence-corrected chi connectivity index (χ2v) is 8.21. The van der Waals surface area contributed by atoms with E-state index in [0.29, 0.717) is 11.8 Å². The Hall–Kier alpha value is -1.92. The highest BCUT2D eigenvalue weighted by Crippen LogP contribution is 2.24. The lowest BCUT2D eigenvalue weighted by Crippen LogP contribution is -2.31. The summed E-state index contributed by atoms with van der Waals surface area (Å²) < 4.78 is 0. The van der Waals surface area contributed by atoms with Gasteiger partial charge in [0.2, 0.25) is 0 Å². The number of aromatic amines is 1. The normalized spacial score (nSPS) is 11.7. The molecular formula is C21H36N6. The molecule has 6 nitrogen and oxygen atoms in total. The molecule has 0 spiro atoms. The lowest BCUT2D eigenvalue weighted by atomic mass is 10.1. The van der Waals surface area contributed by atoms with Gasteiger partial charge >= 0.3 is 0 Å². The standard InChI is InChI=1S/C21H36N6/c1-16(2)13-27(14-17(3)4)20-8-7-18(11-23-20)21-19(12-24-25-21)15-26(6)10-9-22-5/h7-8,11-12,16-17,22H,9-10,13-15H2,1-6H3,(H,24,25). The fraction of sp³-hybridized carbons (Fsp3) is 0.619. The first-order chi connectivity index (χ1) is 12.9. The van der Waals surface area contributed by atoms with Crippen molar-refractivity contribution in [2.75, 3.05) is 45.2 Å². The zero-order valence-corrected chi connectivity index (χ0v) is 17.8. The average Bonchev–Trinajstić information content (AvgIpc) is 3.06. The van der Waals surface area contributed by atoms with Gasteiger partial charge in [-0.1, -0.05) is 27.7 Å². The molecule has 0 radical (unpaired) electrons. The van der Waals surface area contributed by atoms with Gasteiger partial charge in [-0.25, -0.2) is 4.98 Å². The van der Waals surface area contributed by atoms with E-state index in [-0.39, 0.29) is 0 Å². The molecule has 6 heteroatoms. The van der Waals surface area contributed by atoms with Gasteiger partial charge in [0.05, 0.1) is 11.9 Å². The second-order valence-electron chi connectivity index (χ2n) is 8.21. The first-order valence-corrected chi connectivity index (χ1v) is 9.97. The van der Waals surface area contributed by atoms with Crippen molar-refractivity contribution in [2.45, 2.75) is 34.2 Å². The monoisotopic (exact) mass is 372 g/mol. The molecule has 0 aliphatic rings. The van der Waals surface area contributed by atoms with Crippen LogP contribution in [0, 0.1) is 11.8 Å². The van der Waals surface area contributed by atoms with E-state index < -0.39 is 0 Å². The van der Waals surface area contributed by atoms with Crippen molar-refractivity contribution in [3.63, 3.8) is 0 Å². The molecule has 0 unspecified atom stereocenters. The maximum atomic E-state index is 4.77. The first kappa shape index (κ1) is 21.4. The predicted octanol–water partition coefficient (Wildman–Crippen LogP) is 3.24. The molecule has 2 rings (SSSR count). The highest BCUT2D eigenvalue weighted by atomic mass is 15.2. The Bertz CT molecular complexity index is 652. The molecule has 0 amide bonds. The average molecular weight is 373 g/mol. The zero-order valence-electron chi connectivity index (χ0n) is 17.8. The summed E-state index contributed by atoms with van der Waals surface area (Å²) in [6, 6.07) is 4.29. The molecule has 0 saturated carbocycles. The molecule has 2 aromatic rings. The van der Waals surface area contributed by atoms with Gasteiger partial charge in [0.25, 0.3) is 0 Å². The molecule has 0 aliphatic heterocycles. The quantitative estimate of drug-likeness (QED) is 0.634. The number of nitrogens with one attached hydrogen (secondary N) is 2. The minimum Gasteiger partial charge on any atom is -0.356 e. The van der Waals surface area contributed by atoms with Crippen LogP contribution in [-0.2, 0) is 6.54 Å². The van der Waals surface area contributed by atoms with Crippen molar-refractivity contribution in [1.82, 2.24) is 25.4 Å². The van der Waals surface area contributed by atoms with Crippen molar-refractivity contribution in [3.05, 3.63) is 30.1 Å². The molecule has 0 saturated heterocycles. The van der Waals surface area contributed by atoms with Crippen LogP contribution in [0.1, 0.15) is 33.3 Å². The van der Waals surface area contributed by atoms with Crippen molar-refractivity contribution in [2.24, 2.45) is 11.8 Å². The number of nitrogens with zero attached hydrogens (tertiary/aromatic N) is 4. The van der Waals surface area contributed by atoms with E-state index in [4.69, 9.17) is 4.98 Å². The van der Waals surface area contributed by atoms with Crippen molar-refractivity contribution >= 4 is 5.82 Å². The van der Waals surface area contributed by atoms with E-state index in [1.807, 2.05) is 19.4 Å². The van der Waals surface area contributed by atoms with Crippen LogP contribution >= 0.6 is 0 Å². The van der Waals surface area contributed by atoms with Crippen LogP contribution in [0.2, 0.25) is 0 Å². The molecule has 0 aliphatic carbocycles. The van der Waals surface area contributed by atoms with E-state index in [9.17, 15) is 0 Å². The number of pyridine rings is 1. The van der Waals surface area contributed by atoms with E-state index in [0.717, 1.165) is 49.8 Å². The molecule has 0 atom stereocenters. The maximum absolute atomic E-state index is 4.77. The zero-order chi connectivity index (χ0) is 19.8. The lowest BCUT2D eigenvalue weighted by molar-refractivity contribution is 0.328. The third-order valence-corrected chi connectivity index (χ3v) is 4.43. The molecule has 0 bridgehead atoms. The largest absolute Gasteiger partial charge is 0.356 e. The SMILES string of the molecule is CNCCN(C)Cc1cn[nH]c1-c1ccc(N(CC(C)C)CC(C)C)nc1. The van der Waals surface area contributed by atoms with E-state index in [1.54, 1.807) is 0 Å². The minimum atomic E-state index is 0.609. The number of H-pyrrole nitrogens is 1. The van der Waals surface area contributed by atoms with Gasteiger partial charge < -0.3 is 15.1 Å². The Labute approximate surface area is 164 Å². The highest BCUT2D eigenvalue weighted by Gasteiger charge is 2.14. The molecule has 150 valence electrons. The van der Waals surface area contributed by atoms with Gasteiger partial charge in [0.15, 0.2) is 0 Å². The summed E-state index contributed by atoms with van der Waals surface area (Å²) in [6.45, 7) is 13.9. The van der Waals surface area contributed by atoms with E-state index in [2.05, 4.69) is 72.2 Å². The third-order valence-electron chi connectivity index (χ3n) is 4.43. The Morgan fingerprint density at radius 3 is 2.33 bits per heavy atom.